The smallest absolute Gasteiger partial charge is 0.336 e. The molecule has 0 aromatic rings. The summed E-state index contributed by atoms with van der Waals surface area (Å²) in [6.07, 6.45) is 4.53. The minimum absolute atomic E-state index is 0.0267. The van der Waals surface area contributed by atoms with Crippen molar-refractivity contribution in [2.45, 2.75) is 63.8 Å². The van der Waals surface area contributed by atoms with Crippen molar-refractivity contribution in [3.63, 3.8) is 0 Å². The molecule has 1 spiro atoms. The van der Waals surface area contributed by atoms with Crippen LogP contribution < -0.4 is 0 Å². The summed E-state index contributed by atoms with van der Waals surface area (Å²) >= 11 is 0. The molecule has 26 heavy (non-hydrogen) atoms. The first-order valence-corrected chi connectivity index (χ1v) is 9.75. The Balaban J connectivity index is 1.66. The maximum atomic E-state index is 11.8. The molecule has 2 saturated carbocycles. The average Bonchev–Trinajstić information content (AvgIpc) is 3.31. The van der Waals surface area contributed by atoms with Crippen LogP contribution in [0.3, 0.4) is 0 Å². The summed E-state index contributed by atoms with van der Waals surface area (Å²) in [4.78, 5) is 11.8. The van der Waals surface area contributed by atoms with Gasteiger partial charge >= 0.3 is 5.97 Å². The lowest BCUT2D eigenvalue weighted by atomic mass is 9.45. The van der Waals surface area contributed by atoms with Crippen LogP contribution >= 0.6 is 0 Å². The van der Waals surface area contributed by atoms with E-state index in [2.05, 4.69) is 6.92 Å². The van der Waals surface area contributed by atoms with E-state index in [0.29, 0.717) is 18.4 Å². The molecular weight excluding hydrogens is 336 g/mol. The van der Waals surface area contributed by atoms with Gasteiger partial charge in [0.25, 0.3) is 0 Å². The minimum Gasteiger partial charge on any atom is -0.459 e. The number of epoxide rings is 1. The monoisotopic (exact) mass is 366 g/mol. The number of cyclic esters (lactones) is 1. The number of hydrogen-bond donors (Lipinski definition) is 3. The molecule has 0 radical (unpaired) electrons. The van der Waals surface area contributed by atoms with Crippen molar-refractivity contribution in [3.05, 3.63) is 11.6 Å². The number of aliphatic hydroxyl groups excluding tert-OH is 3. The summed E-state index contributed by atoms with van der Waals surface area (Å²) in [7, 11) is 0. The molecule has 2 heterocycles. The van der Waals surface area contributed by atoms with Crippen molar-refractivity contribution in [3.8, 4) is 0 Å². The minimum atomic E-state index is -0.846. The molecule has 3 N–H and O–H groups in total. The number of carbonyl (C=O) groups excluding carboxylic acids is 1. The number of ether oxygens (including phenoxy) is 2. The molecule has 0 aromatic carbocycles. The van der Waals surface area contributed by atoms with E-state index in [1.54, 1.807) is 0 Å². The van der Waals surface area contributed by atoms with Crippen LogP contribution in [0.4, 0.5) is 0 Å². The zero-order valence-corrected chi connectivity index (χ0v) is 15.6. The third-order valence-electron chi connectivity index (χ3n) is 7.99. The molecule has 7 atom stereocenters. The van der Waals surface area contributed by atoms with Crippen molar-refractivity contribution in [1.82, 2.24) is 0 Å². The first-order valence-electron chi connectivity index (χ1n) is 9.75. The Morgan fingerprint density at radius 2 is 1.96 bits per heavy atom. The van der Waals surface area contributed by atoms with Crippen molar-refractivity contribution in [2.24, 2.45) is 22.7 Å². The molecule has 146 valence electrons. The number of rotatable bonds is 3. The average molecular weight is 366 g/mol. The number of allylic oxidation sites excluding steroid dienone is 1. The van der Waals surface area contributed by atoms with Gasteiger partial charge in [-0.1, -0.05) is 19.9 Å². The number of fused-ring (bicyclic) bond motifs is 1. The van der Waals surface area contributed by atoms with Crippen LogP contribution in [0.15, 0.2) is 11.6 Å². The van der Waals surface area contributed by atoms with Crippen LogP contribution in [0.5, 0.6) is 0 Å². The fourth-order valence-corrected chi connectivity index (χ4v) is 6.24. The second-order valence-electron chi connectivity index (χ2n) is 9.23. The van der Waals surface area contributed by atoms with Crippen molar-refractivity contribution < 1.29 is 29.6 Å². The normalized spacial score (nSPS) is 52.2. The molecule has 0 amide bonds. The highest BCUT2D eigenvalue weighted by molar-refractivity contribution is 5.91. The van der Waals surface area contributed by atoms with Crippen LogP contribution in [0.1, 0.15) is 46.0 Å². The summed E-state index contributed by atoms with van der Waals surface area (Å²) in [5.74, 6) is -0.0392. The van der Waals surface area contributed by atoms with Gasteiger partial charge in [0.05, 0.1) is 30.5 Å². The summed E-state index contributed by atoms with van der Waals surface area (Å²) < 4.78 is 10.9. The number of carbonyl (C=O) groups is 1. The van der Waals surface area contributed by atoms with Gasteiger partial charge < -0.3 is 24.8 Å². The van der Waals surface area contributed by atoms with E-state index in [0.717, 1.165) is 25.9 Å². The first kappa shape index (κ1) is 18.4. The molecule has 4 fully saturated rings. The van der Waals surface area contributed by atoms with Crippen LogP contribution in [0.25, 0.3) is 0 Å². The second kappa shape index (κ2) is 6.03. The standard InChI is InChI=1S/C20H30O6/c1-18-7-6-16(23)19(2,10-21)14(18)5-8-20(11-26-20)15(18)4-3-12-13(22)9-25-17(12)24/h3,13-16,21-23H,4-11H2,1-2H3/b12-3+/t13-,14?,15?,16-,18+,19+,20?/m1/s1. The number of esters is 1. The predicted octanol–water partition coefficient (Wildman–Crippen LogP) is 1.18. The first-order chi connectivity index (χ1) is 12.3. The van der Waals surface area contributed by atoms with Gasteiger partial charge in [0.15, 0.2) is 0 Å². The fraction of sp³-hybridized carbons (Fsp3) is 0.850. The van der Waals surface area contributed by atoms with Gasteiger partial charge in [-0.05, 0) is 49.4 Å². The highest BCUT2D eigenvalue weighted by Gasteiger charge is 2.66. The maximum absolute atomic E-state index is 11.8. The van der Waals surface area contributed by atoms with E-state index in [4.69, 9.17) is 9.47 Å². The molecule has 2 aliphatic carbocycles. The quantitative estimate of drug-likeness (QED) is 0.394. The molecule has 6 nitrogen and oxygen atoms in total. The van der Waals surface area contributed by atoms with Crippen LogP contribution in [0, 0.1) is 22.7 Å². The molecule has 2 saturated heterocycles. The summed E-state index contributed by atoms with van der Waals surface area (Å²) in [6.45, 7) is 4.99. The maximum Gasteiger partial charge on any atom is 0.336 e. The number of aliphatic hydroxyl groups is 3. The molecule has 0 bridgehead atoms. The third-order valence-corrected chi connectivity index (χ3v) is 7.99. The highest BCUT2D eigenvalue weighted by atomic mass is 16.6. The Hall–Kier alpha value is -0.950. The molecule has 6 heteroatoms. The van der Waals surface area contributed by atoms with Gasteiger partial charge in [0.2, 0.25) is 0 Å². The Bertz CT molecular complexity index is 626. The van der Waals surface area contributed by atoms with E-state index in [-0.39, 0.29) is 36.1 Å². The van der Waals surface area contributed by atoms with Gasteiger partial charge in [-0.2, -0.15) is 0 Å². The Morgan fingerprint density at radius 3 is 2.54 bits per heavy atom. The largest absolute Gasteiger partial charge is 0.459 e. The van der Waals surface area contributed by atoms with Crippen molar-refractivity contribution in [1.29, 1.82) is 0 Å². The van der Waals surface area contributed by atoms with Gasteiger partial charge in [-0.25, -0.2) is 4.79 Å². The van der Waals surface area contributed by atoms with E-state index < -0.39 is 23.6 Å². The summed E-state index contributed by atoms with van der Waals surface area (Å²) in [6, 6.07) is 0. The lowest BCUT2D eigenvalue weighted by Crippen LogP contribution is -2.60. The zero-order valence-electron chi connectivity index (χ0n) is 15.6. The van der Waals surface area contributed by atoms with Crippen molar-refractivity contribution in [2.75, 3.05) is 19.8 Å². The van der Waals surface area contributed by atoms with E-state index >= 15 is 0 Å². The van der Waals surface area contributed by atoms with Gasteiger partial charge in [-0.3, -0.25) is 0 Å². The summed E-state index contributed by atoms with van der Waals surface area (Å²) in [5, 5.41) is 30.6. The second-order valence-corrected chi connectivity index (χ2v) is 9.23. The highest BCUT2D eigenvalue weighted by Crippen LogP contribution is 2.66. The molecule has 4 rings (SSSR count). The lowest BCUT2D eigenvalue weighted by Gasteiger charge is -2.60. The lowest BCUT2D eigenvalue weighted by molar-refractivity contribution is -0.175. The molecule has 2 aliphatic heterocycles. The van der Waals surface area contributed by atoms with Crippen molar-refractivity contribution >= 4 is 5.97 Å². The molecular formula is C20H30O6. The third kappa shape index (κ3) is 2.49. The van der Waals surface area contributed by atoms with E-state index in [1.165, 1.54) is 0 Å². The Morgan fingerprint density at radius 1 is 1.23 bits per heavy atom. The van der Waals surface area contributed by atoms with Gasteiger partial charge in [0.1, 0.15) is 12.7 Å². The van der Waals surface area contributed by atoms with E-state index in [1.807, 2.05) is 13.0 Å². The van der Waals surface area contributed by atoms with Gasteiger partial charge in [0, 0.05) is 5.41 Å². The topological polar surface area (TPSA) is 99.5 Å². The zero-order chi connectivity index (χ0) is 18.7. The van der Waals surface area contributed by atoms with Gasteiger partial charge in [-0.15, -0.1) is 0 Å². The van der Waals surface area contributed by atoms with Crippen LogP contribution in [-0.4, -0.2) is 58.9 Å². The molecule has 0 aromatic heterocycles. The van der Waals surface area contributed by atoms with Crippen LogP contribution in [0.2, 0.25) is 0 Å². The van der Waals surface area contributed by atoms with E-state index in [9.17, 15) is 20.1 Å². The predicted molar refractivity (Wildman–Crippen MR) is 93.1 cm³/mol. The Kier molecular flexibility index (Phi) is 4.27. The molecule has 4 aliphatic rings. The Labute approximate surface area is 154 Å². The van der Waals surface area contributed by atoms with Crippen LogP contribution in [-0.2, 0) is 14.3 Å². The SMILES string of the molecule is C[C@]12CC[C@@H](O)[C@@](C)(CO)C1CCC1(CO1)C2C/C=C1/C(=O)OC[C@H]1O. The molecule has 3 unspecified atom stereocenters. The fourth-order valence-electron chi connectivity index (χ4n) is 6.24. The number of hydrogen-bond acceptors (Lipinski definition) is 6. The summed E-state index contributed by atoms with van der Waals surface area (Å²) in [5.41, 5.74) is -0.405.